The maximum atomic E-state index is 9.30. The van der Waals surface area contributed by atoms with Crippen LogP contribution < -0.4 is 4.74 Å². The Morgan fingerprint density at radius 3 is 2.50 bits per heavy atom. The largest absolute Gasteiger partial charge is 0.496 e. The number of para-hydroxylation sites is 1. The normalized spacial score (nSPS) is 17.6. The molecule has 4 rings (SSSR count). The fraction of sp³-hybridized carbons (Fsp3) is 0.407. The van der Waals surface area contributed by atoms with Crippen LogP contribution in [-0.2, 0) is 11.3 Å². The van der Waals surface area contributed by atoms with E-state index in [0.717, 1.165) is 41.2 Å². The number of hydrogen-bond donors (Lipinski definition) is 0. The number of benzene rings is 2. The van der Waals surface area contributed by atoms with Crippen molar-refractivity contribution in [1.29, 1.82) is 5.26 Å². The Hall–Kier alpha value is -3.10. The first-order valence-corrected chi connectivity index (χ1v) is 11.1. The molecule has 166 valence electrons. The molecular formula is C27H31N3O2. The maximum Gasteiger partial charge on any atom is 0.144 e. The maximum absolute atomic E-state index is 9.30. The SMILES string of the molecule is COc1ccccc1-c1nc(C2CC(C)(C)OC(C)(C)C2)cn1Cc1cccc(C#N)c1. The average molecular weight is 430 g/mol. The van der Waals surface area contributed by atoms with Gasteiger partial charge >= 0.3 is 0 Å². The molecule has 1 aliphatic heterocycles. The molecular weight excluding hydrogens is 398 g/mol. The summed E-state index contributed by atoms with van der Waals surface area (Å²) in [5.74, 6) is 1.97. The molecule has 0 bridgehead atoms. The Kier molecular flexibility index (Phi) is 5.83. The molecule has 5 heteroatoms. The predicted molar refractivity (Wildman–Crippen MR) is 126 cm³/mol. The second-order valence-corrected chi connectivity index (χ2v) is 9.86. The molecule has 32 heavy (non-hydrogen) atoms. The molecule has 1 aromatic heterocycles. The molecule has 2 heterocycles. The first kappa shape index (κ1) is 22.1. The van der Waals surface area contributed by atoms with Crippen molar-refractivity contribution in [3.05, 3.63) is 71.5 Å². The van der Waals surface area contributed by atoms with Gasteiger partial charge in [-0.1, -0.05) is 24.3 Å². The highest BCUT2D eigenvalue weighted by Crippen LogP contribution is 2.44. The third kappa shape index (κ3) is 4.71. The minimum absolute atomic E-state index is 0.206. The van der Waals surface area contributed by atoms with Crippen LogP contribution >= 0.6 is 0 Å². The van der Waals surface area contributed by atoms with E-state index in [2.05, 4.69) is 44.5 Å². The lowest BCUT2D eigenvalue weighted by atomic mass is 9.79. The third-order valence-corrected chi connectivity index (χ3v) is 6.00. The topological polar surface area (TPSA) is 60.1 Å². The van der Waals surface area contributed by atoms with Crippen molar-refractivity contribution in [1.82, 2.24) is 9.55 Å². The molecule has 1 aliphatic rings. The number of aromatic nitrogens is 2. The van der Waals surface area contributed by atoms with Gasteiger partial charge in [0.1, 0.15) is 11.6 Å². The van der Waals surface area contributed by atoms with Gasteiger partial charge in [-0.15, -0.1) is 0 Å². The molecule has 5 nitrogen and oxygen atoms in total. The van der Waals surface area contributed by atoms with Crippen molar-refractivity contribution in [2.45, 2.75) is 64.2 Å². The van der Waals surface area contributed by atoms with E-state index < -0.39 is 0 Å². The van der Waals surface area contributed by atoms with E-state index in [1.54, 1.807) is 7.11 Å². The van der Waals surface area contributed by atoms with Crippen LogP contribution in [0, 0.1) is 11.3 Å². The molecule has 0 unspecified atom stereocenters. The zero-order chi connectivity index (χ0) is 22.9. The number of ether oxygens (including phenoxy) is 2. The van der Waals surface area contributed by atoms with E-state index in [1.807, 2.05) is 48.5 Å². The number of rotatable bonds is 5. The smallest absolute Gasteiger partial charge is 0.144 e. The zero-order valence-corrected chi connectivity index (χ0v) is 19.6. The monoisotopic (exact) mass is 429 g/mol. The second-order valence-electron chi connectivity index (χ2n) is 9.86. The zero-order valence-electron chi connectivity index (χ0n) is 19.6. The summed E-state index contributed by atoms with van der Waals surface area (Å²) in [7, 11) is 1.69. The van der Waals surface area contributed by atoms with Gasteiger partial charge in [0.25, 0.3) is 0 Å². The lowest BCUT2D eigenvalue weighted by molar-refractivity contribution is -0.162. The summed E-state index contributed by atoms with van der Waals surface area (Å²) in [6.45, 7) is 9.27. The van der Waals surface area contributed by atoms with Crippen molar-refractivity contribution in [3.8, 4) is 23.2 Å². The number of imidazole rings is 1. The molecule has 3 aromatic rings. The molecule has 0 N–H and O–H groups in total. The first-order chi connectivity index (χ1) is 15.2. The van der Waals surface area contributed by atoms with Crippen LogP contribution in [0.1, 0.15) is 63.3 Å². The van der Waals surface area contributed by atoms with Crippen molar-refractivity contribution < 1.29 is 9.47 Å². The summed E-state index contributed by atoms with van der Waals surface area (Å²) in [5, 5.41) is 9.30. The van der Waals surface area contributed by atoms with Crippen LogP contribution in [0.25, 0.3) is 11.4 Å². The van der Waals surface area contributed by atoms with Gasteiger partial charge in [-0.05, 0) is 70.4 Å². The summed E-state index contributed by atoms with van der Waals surface area (Å²) in [5.41, 5.74) is 3.35. The molecule has 0 saturated carbocycles. The fourth-order valence-corrected chi connectivity index (χ4v) is 5.03. The summed E-state index contributed by atoms with van der Waals surface area (Å²) >= 11 is 0. The first-order valence-electron chi connectivity index (χ1n) is 11.1. The Bertz CT molecular complexity index is 1140. The number of nitrogens with zero attached hydrogens (tertiary/aromatic N) is 3. The number of nitriles is 1. The highest BCUT2D eigenvalue weighted by molar-refractivity contribution is 5.65. The van der Waals surface area contributed by atoms with Gasteiger partial charge in [0.15, 0.2) is 0 Å². The lowest BCUT2D eigenvalue weighted by Gasteiger charge is -2.45. The van der Waals surface area contributed by atoms with Crippen LogP contribution in [0.5, 0.6) is 5.75 Å². The molecule has 2 aromatic carbocycles. The third-order valence-electron chi connectivity index (χ3n) is 6.00. The molecule has 1 fully saturated rings. The van der Waals surface area contributed by atoms with Crippen LogP contribution in [0.4, 0.5) is 0 Å². The van der Waals surface area contributed by atoms with Crippen molar-refractivity contribution in [3.63, 3.8) is 0 Å². The quantitative estimate of drug-likeness (QED) is 0.504. The van der Waals surface area contributed by atoms with Crippen LogP contribution in [-0.4, -0.2) is 27.9 Å². The minimum atomic E-state index is -0.206. The Labute approximate surface area is 190 Å². The summed E-state index contributed by atoms with van der Waals surface area (Å²) in [4.78, 5) is 5.14. The number of hydrogen-bond acceptors (Lipinski definition) is 4. The Morgan fingerprint density at radius 2 is 1.81 bits per heavy atom. The van der Waals surface area contributed by atoms with Crippen LogP contribution in [0.2, 0.25) is 0 Å². The molecule has 0 atom stereocenters. The van der Waals surface area contributed by atoms with Gasteiger partial charge in [-0.25, -0.2) is 4.98 Å². The van der Waals surface area contributed by atoms with E-state index in [4.69, 9.17) is 14.5 Å². The van der Waals surface area contributed by atoms with Crippen molar-refractivity contribution >= 4 is 0 Å². The van der Waals surface area contributed by atoms with Gasteiger partial charge in [-0.2, -0.15) is 5.26 Å². The lowest BCUT2D eigenvalue weighted by Crippen LogP contribution is -2.44. The molecule has 0 amide bonds. The predicted octanol–water partition coefficient (Wildman–Crippen LogP) is 5.93. The Balaban J connectivity index is 1.79. The minimum Gasteiger partial charge on any atom is -0.496 e. The van der Waals surface area contributed by atoms with Crippen molar-refractivity contribution in [2.24, 2.45) is 0 Å². The van der Waals surface area contributed by atoms with Crippen LogP contribution in [0.3, 0.4) is 0 Å². The number of methoxy groups -OCH3 is 1. The van der Waals surface area contributed by atoms with Gasteiger partial charge < -0.3 is 14.0 Å². The van der Waals surface area contributed by atoms with E-state index in [9.17, 15) is 5.26 Å². The molecule has 0 aliphatic carbocycles. The average Bonchev–Trinajstić information content (AvgIpc) is 3.15. The van der Waals surface area contributed by atoms with E-state index in [-0.39, 0.29) is 11.2 Å². The van der Waals surface area contributed by atoms with Gasteiger partial charge in [0.05, 0.1) is 41.2 Å². The molecule has 1 saturated heterocycles. The highest BCUT2D eigenvalue weighted by atomic mass is 16.5. The van der Waals surface area contributed by atoms with Crippen molar-refractivity contribution in [2.75, 3.05) is 7.11 Å². The van der Waals surface area contributed by atoms with Gasteiger partial charge in [-0.3, -0.25) is 0 Å². The van der Waals surface area contributed by atoms with E-state index >= 15 is 0 Å². The molecule has 0 radical (unpaired) electrons. The summed E-state index contributed by atoms with van der Waals surface area (Å²) in [6.07, 6.45) is 4.01. The Morgan fingerprint density at radius 1 is 1.09 bits per heavy atom. The van der Waals surface area contributed by atoms with Gasteiger partial charge in [0.2, 0.25) is 0 Å². The second kappa shape index (κ2) is 8.44. The van der Waals surface area contributed by atoms with E-state index in [0.29, 0.717) is 18.0 Å². The summed E-state index contributed by atoms with van der Waals surface area (Å²) < 4.78 is 14.1. The van der Waals surface area contributed by atoms with E-state index in [1.165, 1.54) is 0 Å². The molecule has 0 spiro atoms. The standard InChI is InChI=1S/C27H31N3O2/c1-26(2)14-21(15-27(3,4)32-26)23-18-30(17-20-10-8-9-19(13-20)16-28)25(29-23)22-11-6-7-12-24(22)31-5/h6-13,18,21H,14-15,17H2,1-5H3. The highest BCUT2D eigenvalue weighted by Gasteiger charge is 2.40. The summed E-state index contributed by atoms with van der Waals surface area (Å²) in [6, 6.07) is 18.0. The fourth-order valence-electron chi connectivity index (χ4n) is 5.03. The van der Waals surface area contributed by atoms with Crippen LogP contribution in [0.15, 0.2) is 54.7 Å². The van der Waals surface area contributed by atoms with Gasteiger partial charge in [0, 0.05) is 18.7 Å².